The fraction of sp³-hybridized carbons (Fsp3) is 0.217. The molecule has 7 nitrogen and oxygen atoms in total. The van der Waals surface area contributed by atoms with Crippen LogP contribution in [0.3, 0.4) is 0 Å². The lowest BCUT2D eigenvalue weighted by molar-refractivity contribution is -0.117. The second-order valence-corrected chi connectivity index (χ2v) is 7.53. The third kappa shape index (κ3) is 4.37. The van der Waals surface area contributed by atoms with Crippen LogP contribution in [-0.2, 0) is 4.79 Å². The molecule has 0 spiro atoms. The summed E-state index contributed by atoms with van der Waals surface area (Å²) >= 11 is 0. The molecule has 2 amide bonds. The Morgan fingerprint density at radius 3 is 2.61 bits per heavy atom. The highest BCUT2D eigenvalue weighted by molar-refractivity contribution is 5.95. The van der Waals surface area contributed by atoms with Gasteiger partial charge in [-0.25, -0.2) is 9.37 Å². The topological polar surface area (TPSA) is 78.4 Å². The standard InChI is InChI=1S/C23H22FN5O2/c1-28(2)23(31)15-5-7-19(20(24)10-15)16-6-8-21(26-12-16)27-17-11-18(14-25-13-17)29-9-3-4-22(29)30/h5-8,10-14H,3-4,9H2,1-2H3,(H,26,27). The van der Waals surface area contributed by atoms with Crippen LogP contribution >= 0.6 is 0 Å². The molecule has 1 aliphatic rings. The van der Waals surface area contributed by atoms with E-state index in [1.165, 1.54) is 11.0 Å². The Morgan fingerprint density at radius 2 is 1.97 bits per heavy atom. The summed E-state index contributed by atoms with van der Waals surface area (Å²) in [7, 11) is 3.25. The number of hydrogen-bond donors (Lipinski definition) is 1. The van der Waals surface area contributed by atoms with E-state index >= 15 is 0 Å². The number of carbonyl (C=O) groups is 2. The van der Waals surface area contributed by atoms with Crippen molar-refractivity contribution >= 4 is 29.0 Å². The zero-order valence-electron chi connectivity index (χ0n) is 17.3. The number of nitrogens with zero attached hydrogens (tertiary/aromatic N) is 4. The summed E-state index contributed by atoms with van der Waals surface area (Å²) in [5.74, 6) is -0.0750. The molecule has 1 saturated heterocycles. The molecule has 3 heterocycles. The molecule has 1 aliphatic heterocycles. The van der Waals surface area contributed by atoms with E-state index in [-0.39, 0.29) is 11.8 Å². The van der Waals surface area contributed by atoms with Gasteiger partial charge in [0.1, 0.15) is 11.6 Å². The molecule has 2 aromatic heterocycles. The summed E-state index contributed by atoms with van der Waals surface area (Å²) in [6.45, 7) is 0.696. The maximum atomic E-state index is 14.6. The van der Waals surface area contributed by atoms with Gasteiger partial charge in [0.05, 0.1) is 23.8 Å². The molecule has 0 saturated carbocycles. The quantitative estimate of drug-likeness (QED) is 0.680. The number of aromatic nitrogens is 2. The number of nitrogens with one attached hydrogen (secondary N) is 1. The number of anilines is 3. The molecule has 0 unspecified atom stereocenters. The first-order valence-corrected chi connectivity index (χ1v) is 9.92. The number of benzene rings is 1. The van der Waals surface area contributed by atoms with Gasteiger partial charge in [-0.05, 0) is 36.8 Å². The SMILES string of the molecule is CN(C)C(=O)c1ccc(-c2ccc(Nc3cncc(N4CCCC4=O)c3)nc2)c(F)c1. The average Bonchev–Trinajstić information content (AvgIpc) is 3.20. The summed E-state index contributed by atoms with van der Waals surface area (Å²) in [5, 5.41) is 3.16. The Bertz CT molecular complexity index is 1130. The fourth-order valence-electron chi connectivity index (χ4n) is 3.48. The van der Waals surface area contributed by atoms with Crippen LogP contribution in [-0.4, -0.2) is 47.3 Å². The molecule has 1 aromatic carbocycles. The summed E-state index contributed by atoms with van der Waals surface area (Å²) in [4.78, 5) is 35.6. The summed E-state index contributed by atoms with van der Waals surface area (Å²) in [6.07, 6.45) is 6.29. The molecule has 0 bridgehead atoms. The van der Waals surface area contributed by atoms with Crippen LogP contribution < -0.4 is 10.2 Å². The highest BCUT2D eigenvalue weighted by Gasteiger charge is 2.22. The number of amides is 2. The van der Waals surface area contributed by atoms with E-state index in [4.69, 9.17) is 0 Å². The van der Waals surface area contributed by atoms with E-state index in [9.17, 15) is 14.0 Å². The predicted molar refractivity (Wildman–Crippen MR) is 117 cm³/mol. The van der Waals surface area contributed by atoms with Crippen LogP contribution in [0.5, 0.6) is 0 Å². The lowest BCUT2D eigenvalue weighted by atomic mass is 10.0. The van der Waals surface area contributed by atoms with Crippen molar-refractivity contribution in [2.75, 3.05) is 30.9 Å². The maximum absolute atomic E-state index is 14.6. The van der Waals surface area contributed by atoms with Crippen molar-refractivity contribution in [1.29, 1.82) is 0 Å². The van der Waals surface area contributed by atoms with Crippen molar-refractivity contribution in [3.63, 3.8) is 0 Å². The van der Waals surface area contributed by atoms with Crippen LogP contribution in [0.1, 0.15) is 23.2 Å². The van der Waals surface area contributed by atoms with Crippen molar-refractivity contribution in [1.82, 2.24) is 14.9 Å². The number of hydrogen-bond acceptors (Lipinski definition) is 5. The van der Waals surface area contributed by atoms with Crippen LogP contribution in [0, 0.1) is 5.82 Å². The third-order valence-electron chi connectivity index (χ3n) is 5.08. The normalized spacial score (nSPS) is 13.4. The van der Waals surface area contributed by atoms with Gasteiger partial charge < -0.3 is 15.1 Å². The van der Waals surface area contributed by atoms with E-state index in [1.54, 1.807) is 61.9 Å². The second kappa shape index (κ2) is 8.51. The van der Waals surface area contributed by atoms with E-state index in [0.717, 1.165) is 12.1 Å². The van der Waals surface area contributed by atoms with Gasteiger partial charge in [0, 0.05) is 49.9 Å². The van der Waals surface area contributed by atoms with E-state index in [2.05, 4.69) is 15.3 Å². The van der Waals surface area contributed by atoms with Crippen molar-refractivity contribution in [2.24, 2.45) is 0 Å². The molecular formula is C23H22FN5O2. The summed E-state index contributed by atoms with van der Waals surface area (Å²) in [5.41, 5.74) is 2.71. The Hall–Kier alpha value is -3.81. The molecule has 0 atom stereocenters. The van der Waals surface area contributed by atoms with Crippen molar-refractivity contribution in [3.05, 3.63) is 66.4 Å². The Kier molecular flexibility index (Phi) is 5.62. The molecule has 31 heavy (non-hydrogen) atoms. The zero-order chi connectivity index (χ0) is 22.0. The smallest absolute Gasteiger partial charge is 0.253 e. The fourth-order valence-corrected chi connectivity index (χ4v) is 3.48. The molecule has 0 radical (unpaired) electrons. The predicted octanol–water partition coefficient (Wildman–Crippen LogP) is 3.85. The van der Waals surface area contributed by atoms with Gasteiger partial charge in [-0.3, -0.25) is 14.6 Å². The Balaban J connectivity index is 1.50. The lowest BCUT2D eigenvalue weighted by Crippen LogP contribution is -2.23. The summed E-state index contributed by atoms with van der Waals surface area (Å²) in [6, 6.07) is 9.76. The van der Waals surface area contributed by atoms with Gasteiger partial charge in [-0.1, -0.05) is 6.07 Å². The Morgan fingerprint density at radius 1 is 1.13 bits per heavy atom. The number of halogens is 1. The van der Waals surface area contributed by atoms with Gasteiger partial charge in [0.2, 0.25) is 5.91 Å². The number of carbonyl (C=O) groups excluding carboxylic acids is 2. The van der Waals surface area contributed by atoms with E-state index in [0.29, 0.717) is 41.2 Å². The zero-order valence-corrected chi connectivity index (χ0v) is 17.3. The molecule has 1 fully saturated rings. The number of rotatable bonds is 5. The Labute approximate surface area is 179 Å². The van der Waals surface area contributed by atoms with Gasteiger partial charge in [0.25, 0.3) is 5.91 Å². The van der Waals surface area contributed by atoms with E-state index < -0.39 is 5.82 Å². The van der Waals surface area contributed by atoms with Crippen molar-refractivity contribution in [3.8, 4) is 11.1 Å². The minimum absolute atomic E-state index is 0.0988. The largest absolute Gasteiger partial charge is 0.345 e. The minimum Gasteiger partial charge on any atom is -0.345 e. The summed E-state index contributed by atoms with van der Waals surface area (Å²) < 4.78 is 14.6. The molecule has 4 rings (SSSR count). The first-order chi connectivity index (χ1) is 14.9. The van der Waals surface area contributed by atoms with Crippen molar-refractivity contribution < 1.29 is 14.0 Å². The van der Waals surface area contributed by atoms with Gasteiger partial charge in [0.15, 0.2) is 0 Å². The van der Waals surface area contributed by atoms with Gasteiger partial charge in [-0.2, -0.15) is 0 Å². The minimum atomic E-state index is -0.484. The second-order valence-electron chi connectivity index (χ2n) is 7.53. The average molecular weight is 419 g/mol. The lowest BCUT2D eigenvalue weighted by Gasteiger charge is -2.16. The van der Waals surface area contributed by atoms with Crippen molar-refractivity contribution in [2.45, 2.75) is 12.8 Å². The maximum Gasteiger partial charge on any atom is 0.253 e. The number of pyridine rings is 2. The molecule has 1 N–H and O–H groups in total. The molecule has 0 aliphatic carbocycles. The van der Waals surface area contributed by atoms with Crippen LogP contribution in [0.2, 0.25) is 0 Å². The monoisotopic (exact) mass is 419 g/mol. The molecule has 8 heteroatoms. The van der Waals surface area contributed by atoms with Crippen LogP contribution in [0.4, 0.5) is 21.6 Å². The first kappa shape index (κ1) is 20.5. The highest BCUT2D eigenvalue weighted by atomic mass is 19.1. The molecule has 3 aromatic rings. The highest BCUT2D eigenvalue weighted by Crippen LogP contribution is 2.27. The first-order valence-electron chi connectivity index (χ1n) is 9.92. The van der Waals surface area contributed by atoms with E-state index in [1.807, 2.05) is 6.07 Å². The molecule has 158 valence electrons. The van der Waals surface area contributed by atoms with Crippen LogP contribution in [0.25, 0.3) is 11.1 Å². The third-order valence-corrected chi connectivity index (χ3v) is 5.08. The van der Waals surface area contributed by atoms with Crippen LogP contribution in [0.15, 0.2) is 55.0 Å². The van der Waals surface area contributed by atoms with Gasteiger partial charge >= 0.3 is 0 Å². The molecular weight excluding hydrogens is 397 g/mol. The van der Waals surface area contributed by atoms with Gasteiger partial charge in [-0.15, -0.1) is 0 Å².